The molecule has 1 N–H and O–H groups in total. The van der Waals surface area contributed by atoms with Crippen molar-refractivity contribution < 1.29 is 26.4 Å². The summed E-state index contributed by atoms with van der Waals surface area (Å²) in [6, 6.07) is 4.46. The summed E-state index contributed by atoms with van der Waals surface area (Å²) >= 11 is 0. The molecule has 1 aromatic rings. The van der Waals surface area contributed by atoms with E-state index in [2.05, 4.69) is 5.32 Å². The Morgan fingerprint density at radius 1 is 1.12 bits per heavy atom. The maximum absolute atomic E-state index is 12.5. The van der Waals surface area contributed by atoms with Gasteiger partial charge in [-0.3, -0.25) is 4.79 Å². The molecule has 0 aliphatic carbocycles. The molecule has 4 nitrogen and oxygen atoms in total. The van der Waals surface area contributed by atoms with Gasteiger partial charge in [-0.25, -0.2) is 8.42 Å². The Morgan fingerprint density at radius 2 is 1.64 bits per heavy atom. The van der Waals surface area contributed by atoms with Crippen LogP contribution in [0.4, 0.5) is 13.2 Å². The fourth-order valence-corrected chi connectivity index (χ4v) is 2.85. The van der Waals surface area contributed by atoms with Crippen LogP contribution in [0.25, 0.3) is 5.57 Å². The van der Waals surface area contributed by atoms with Crippen molar-refractivity contribution in [3.8, 4) is 0 Å². The smallest absolute Gasteiger partial charge is 0.352 e. The molecule has 0 bridgehead atoms. The topological polar surface area (TPSA) is 63.2 Å². The first-order chi connectivity index (χ1) is 11.2. The number of hydrogen-bond donors (Lipinski definition) is 1. The third-order valence-electron chi connectivity index (χ3n) is 3.62. The maximum Gasteiger partial charge on any atom is 0.416 e. The van der Waals surface area contributed by atoms with Gasteiger partial charge in [-0.1, -0.05) is 12.1 Å². The molecule has 0 saturated carbocycles. The summed E-state index contributed by atoms with van der Waals surface area (Å²) in [4.78, 5) is 11.8. The van der Waals surface area contributed by atoms with Crippen molar-refractivity contribution in [2.45, 2.75) is 38.6 Å². The van der Waals surface area contributed by atoms with E-state index < -0.39 is 32.2 Å². The van der Waals surface area contributed by atoms with E-state index in [0.717, 1.165) is 12.1 Å². The average Bonchev–Trinajstić information content (AvgIpc) is 2.45. The highest BCUT2D eigenvalue weighted by Gasteiger charge is 2.30. The van der Waals surface area contributed by atoms with Crippen LogP contribution < -0.4 is 5.32 Å². The fourth-order valence-electron chi connectivity index (χ4n) is 1.87. The molecule has 0 aromatic heterocycles. The molecule has 0 aliphatic rings. The van der Waals surface area contributed by atoms with Crippen LogP contribution in [-0.4, -0.2) is 31.4 Å². The summed E-state index contributed by atoms with van der Waals surface area (Å²) in [6.45, 7) is 6.31. The lowest BCUT2D eigenvalue weighted by molar-refractivity contribution is -0.137. The minimum absolute atomic E-state index is 0.0325. The monoisotopic (exact) mass is 377 g/mol. The average molecular weight is 377 g/mol. The van der Waals surface area contributed by atoms with E-state index >= 15 is 0 Å². The zero-order valence-electron chi connectivity index (χ0n) is 14.6. The van der Waals surface area contributed by atoms with Gasteiger partial charge in [-0.2, -0.15) is 13.2 Å². The quantitative estimate of drug-likeness (QED) is 0.800. The predicted octanol–water partition coefficient (Wildman–Crippen LogP) is 3.44. The molecule has 0 atom stereocenters. The number of halogens is 3. The van der Waals surface area contributed by atoms with Gasteiger partial charge in [0.2, 0.25) is 5.91 Å². The van der Waals surface area contributed by atoms with E-state index in [0.29, 0.717) is 11.1 Å². The van der Waals surface area contributed by atoms with Gasteiger partial charge in [-0.05, 0) is 51.0 Å². The van der Waals surface area contributed by atoms with E-state index in [4.69, 9.17) is 0 Å². The molecule has 0 spiro atoms. The third kappa shape index (κ3) is 6.19. The number of benzene rings is 1. The van der Waals surface area contributed by atoms with E-state index in [-0.39, 0.29) is 12.3 Å². The number of sulfone groups is 1. The second-order valence-electron chi connectivity index (χ2n) is 6.62. The molecule has 0 heterocycles. The molecule has 1 amide bonds. The van der Waals surface area contributed by atoms with Crippen LogP contribution in [0.15, 0.2) is 30.3 Å². The SMILES string of the molecule is C/C(=C/C(=O)NCCS(=O)(=O)C(C)(C)C)c1ccc(C(F)(F)F)cc1. The van der Waals surface area contributed by atoms with Crippen molar-refractivity contribution in [2.75, 3.05) is 12.3 Å². The number of allylic oxidation sites excluding steroid dienone is 1. The third-order valence-corrected chi connectivity index (χ3v) is 6.23. The second kappa shape index (κ2) is 7.59. The first-order valence-electron chi connectivity index (χ1n) is 7.60. The predicted molar refractivity (Wildman–Crippen MR) is 91.6 cm³/mol. The van der Waals surface area contributed by atoms with Gasteiger partial charge in [0.1, 0.15) is 0 Å². The van der Waals surface area contributed by atoms with Crippen molar-refractivity contribution in [3.63, 3.8) is 0 Å². The van der Waals surface area contributed by atoms with Gasteiger partial charge in [0.25, 0.3) is 0 Å². The van der Waals surface area contributed by atoms with E-state index in [1.165, 1.54) is 18.2 Å². The molecule has 25 heavy (non-hydrogen) atoms. The first-order valence-corrected chi connectivity index (χ1v) is 9.25. The number of rotatable bonds is 5. The normalized spacial score (nSPS) is 13.6. The Hall–Kier alpha value is -1.83. The minimum atomic E-state index is -4.41. The van der Waals surface area contributed by atoms with Crippen molar-refractivity contribution >= 4 is 21.3 Å². The van der Waals surface area contributed by atoms with Crippen LogP contribution in [0.3, 0.4) is 0 Å². The molecule has 0 fully saturated rings. The van der Waals surface area contributed by atoms with E-state index in [9.17, 15) is 26.4 Å². The number of carbonyl (C=O) groups is 1. The zero-order valence-corrected chi connectivity index (χ0v) is 15.4. The summed E-state index contributed by atoms with van der Waals surface area (Å²) in [5.74, 6) is -0.684. The summed E-state index contributed by atoms with van der Waals surface area (Å²) in [7, 11) is -3.33. The highest BCUT2D eigenvalue weighted by Crippen LogP contribution is 2.30. The Labute approximate surface area is 146 Å². The molecule has 0 saturated heterocycles. The van der Waals surface area contributed by atoms with Crippen molar-refractivity contribution in [1.82, 2.24) is 5.32 Å². The minimum Gasteiger partial charge on any atom is -0.352 e. The Balaban J connectivity index is 2.69. The van der Waals surface area contributed by atoms with Gasteiger partial charge in [0, 0.05) is 12.6 Å². The Bertz CT molecular complexity index is 743. The van der Waals surface area contributed by atoms with Crippen molar-refractivity contribution in [2.24, 2.45) is 0 Å². The molecule has 0 radical (unpaired) electrons. The number of alkyl halides is 3. The number of amides is 1. The lowest BCUT2D eigenvalue weighted by Crippen LogP contribution is -2.36. The molecular formula is C17H22F3NO3S. The van der Waals surface area contributed by atoms with Crippen LogP contribution in [0.5, 0.6) is 0 Å². The van der Waals surface area contributed by atoms with Gasteiger partial charge < -0.3 is 5.32 Å². The van der Waals surface area contributed by atoms with Crippen LogP contribution in [0, 0.1) is 0 Å². The highest BCUT2D eigenvalue weighted by molar-refractivity contribution is 7.92. The van der Waals surface area contributed by atoms with Gasteiger partial charge >= 0.3 is 6.18 Å². The molecule has 0 unspecified atom stereocenters. The van der Waals surface area contributed by atoms with Gasteiger partial charge in [-0.15, -0.1) is 0 Å². The summed E-state index contributed by atoms with van der Waals surface area (Å²) in [5, 5.41) is 2.47. The Kier molecular flexibility index (Phi) is 6.44. The Morgan fingerprint density at radius 3 is 2.08 bits per heavy atom. The molecule has 1 aromatic carbocycles. The van der Waals surface area contributed by atoms with Crippen LogP contribution in [0.1, 0.15) is 38.8 Å². The molecular weight excluding hydrogens is 355 g/mol. The van der Waals surface area contributed by atoms with Crippen molar-refractivity contribution in [1.29, 1.82) is 0 Å². The van der Waals surface area contributed by atoms with Gasteiger partial charge in [0.15, 0.2) is 9.84 Å². The number of carbonyl (C=O) groups excluding carboxylic acids is 1. The van der Waals surface area contributed by atoms with Gasteiger partial charge in [0.05, 0.1) is 16.1 Å². The molecule has 8 heteroatoms. The first kappa shape index (κ1) is 21.2. The van der Waals surface area contributed by atoms with Crippen LogP contribution in [0.2, 0.25) is 0 Å². The second-order valence-corrected chi connectivity index (χ2v) is 9.49. The number of nitrogens with one attached hydrogen (secondary N) is 1. The molecule has 140 valence electrons. The summed E-state index contributed by atoms with van der Waals surface area (Å²) in [5.41, 5.74) is 0.191. The van der Waals surface area contributed by atoms with Crippen LogP contribution in [-0.2, 0) is 20.8 Å². The standard InChI is InChI=1S/C17H22F3NO3S/c1-12(13-5-7-14(8-6-13)17(18,19)20)11-15(22)21-9-10-25(23,24)16(2,3)4/h5-8,11H,9-10H2,1-4H3,(H,21,22)/b12-11-. The molecule has 0 aliphatic heterocycles. The van der Waals surface area contributed by atoms with Crippen molar-refractivity contribution in [3.05, 3.63) is 41.5 Å². The fraction of sp³-hybridized carbons (Fsp3) is 0.471. The lowest BCUT2D eigenvalue weighted by Gasteiger charge is -2.18. The largest absolute Gasteiger partial charge is 0.416 e. The summed E-state index contributed by atoms with van der Waals surface area (Å²) in [6.07, 6.45) is -3.18. The maximum atomic E-state index is 12.5. The van der Waals surface area contributed by atoms with E-state index in [1.807, 2.05) is 0 Å². The number of hydrogen-bond acceptors (Lipinski definition) is 3. The zero-order chi connectivity index (χ0) is 19.5. The molecule has 1 rings (SSSR count). The summed E-state index contributed by atoms with van der Waals surface area (Å²) < 4.78 is 60.5. The lowest BCUT2D eigenvalue weighted by atomic mass is 10.0. The van der Waals surface area contributed by atoms with E-state index in [1.54, 1.807) is 27.7 Å². The van der Waals surface area contributed by atoms with Crippen LogP contribution >= 0.6 is 0 Å². The highest BCUT2D eigenvalue weighted by atomic mass is 32.2.